The highest BCUT2D eigenvalue weighted by Gasteiger charge is 2.10. The number of rotatable bonds is 5. The fourth-order valence-electron chi connectivity index (χ4n) is 2.44. The first kappa shape index (κ1) is 13.8. The van der Waals surface area contributed by atoms with Crippen LogP contribution in [0.1, 0.15) is 38.1 Å². The van der Waals surface area contributed by atoms with Crippen LogP contribution < -0.4 is 5.32 Å². The molecule has 2 aromatic rings. The molecule has 0 aliphatic rings. The lowest BCUT2D eigenvalue weighted by atomic mass is 10.00. The van der Waals surface area contributed by atoms with Crippen molar-refractivity contribution in [1.82, 2.24) is 15.1 Å². The van der Waals surface area contributed by atoms with E-state index in [0.29, 0.717) is 6.04 Å². The molecule has 1 N–H and O–H groups in total. The van der Waals surface area contributed by atoms with E-state index >= 15 is 0 Å². The molecule has 0 aliphatic heterocycles. The van der Waals surface area contributed by atoms with Crippen molar-refractivity contribution in [3.05, 3.63) is 41.7 Å². The van der Waals surface area contributed by atoms with Crippen LogP contribution in [0.4, 0.5) is 0 Å². The number of benzene rings is 1. The predicted octanol–water partition coefficient (Wildman–Crippen LogP) is 3.32. The lowest BCUT2D eigenvalue weighted by Crippen LogP contribution is -2.17. The highest BCUT2D eigenvalue weighted by Crippen LogP contribution is 2.26. The van der Waals surface area contributed by atoms with E-state index in [-0.39, 0.29) is 0 Å². The highest BCUT2D eigenvalue weighted by atomic mass is 15.2. The second-order valence-electron chi connectivity index (χ2n) is 4.92. The molecule has 0 saturated heterocycles. The van der Waals surface area contributed by atoms with E-state index in [9.17, 15) is 0 Å². The van der Waals surface area contributed by atoms with Crippen LogP contribution in [0.5, 0.6) is 0 Å². The van der Waals surface area contributed by atoms with E-state index in [4.69, 9.17) is 0 Å². The molecule has 0 fully saturated rings. The minimum atomic E-state index is 0.381. The quantitative estimate of drug-likeness (QED) is 0.890. The lowest BCUT2D eigenvalue weighted by Gasteiger charge is -2.13. The first-order valence-corrected chi connectivity index (χ1v) is 7.02. The van der Waals surface area contributed by atoms with Crippen molar-refractivity contribution >= 4 is 0 Å². The first-order chi connectivity index (χ1) is 9.15. The van der Waals surface area contributed by atoms with Gasteiger partial charge >= 0.3 is 0 Å². The molecule has 0 saturated carbocycles. The fourth-order valence-corrected chi connectivity index (χ4v) is 2.44. The SMILES string of the molecule is CCNC(C)c1cccc(-c2cn(C)nc2CC)c1. The molecule has 19 heavy (non-hydrogen) atoms. The smallest absolute Gasteiger partial charge is 0.0700 e. The third kappa shape index (κ3) is 3.04. The maximum atomic E-state index is 4.52. The summed E-state index contributed by atoms with van der Waals surface area (Å²) in [5.41, 5.74) is 4.99. The monoisotopic (exact) mass is 257 g/mol. The van der Waals surface area contributed by atoms with Crippen LogP contribution >= 0.6 is 0 Å². The lowest BCUT2D eigenvalue weighted by molar-refractivity contribution is 0.598. The first-order valence-electron chi connectivity index (χ1n) is 7.02. The second kappa shape index (κ2) is 6.02. The molecule has 102 valence electrons. The van der Waals surface area contributed by atoms with Crippen molar-refractivity contribution in [3.63, 3.8) is 0 Å². The molecule has 0 aliphatic carbocycles. The molecule has 1 aromatic heterocycles. The molecular weight excluding hydrogens is 234 g/mol. The van der Waals surface area contributed by atoms with E-state index in [1.807, 2.05) is 11.7 Å². The predicted molar refractivity (Wildman–Crippen MR) is 80.1 cm³/mol. The normalized spacial score (nSPS) is 12.6. The van der Waals surface area contributed by atoms with Crippen molar-refractivity contribution in [2.75, 3.05) is 6.54 Å². The standard InChI is InChI=1S/C16H23N3/c1-5-16-15(11-19(4)18-16)14-9-7-8-13(10-14)12(3)17-6-2/h7-12,17H,5-6H2,1-4H3. The highest BCUT2D eigenvalue weighted by molar-refractivity contribution is 5.66. The van der Waals surface area contributed by atoms with Gasteiger partial charge in [0.15, 0.2) is 0 Å². The van der Waals surface area contributed by atoms with Gasteiger partial charge in [-0.15, -0.1) is 0 Å². The Labute approximate surface area is 115 Å². The summed E-state index contributed by atoms with van der Waals surface area (Å²) in [5, 5.41) is 7.97. The maximum absolute atomic E-state index is 4.52. The van der Waals surface area contributed by atoms with Gasteiger partial charge in [0.2, 0.25) is 0 Å². The molecule has 1 heterocycles. The Hall–Kier alpha value is -1.61. The van der Waals surface area contributed by atoms with Gasteiger partial charge in [0, 0.05) is 24.8 Å². The summed E-state index contributed by atoms with van der Waals surface area (Å²) in [5.74, 6) is 0. The van der Waals surface area contributed by atoms with Crippen LogP contribution in [-0.2, 0) is 13.5 Å². The van der Waals surface area contributed by atoms with E-state index in [1.165, 1.54) is 16.7 Å². The van der Waals surface area contributed by atoms with Crippen molar-refractivity contribution in [2.24, 2.45) is 7.05 Å². The van der Waals surface area contributed by atoms with Gasteiger partial charge in [-0.3, -0.25) is 4.68 Å². The van der Waals surface area contributed by atoms with Crippen LogP contribution in [0.15, 0.2) is 30.5 Å². The maximum Gasteiger partial charge on any atom is 0.0700 e. The molecule has 3 heteroatoms. The number of aromatic nitrogens is 2. The molecule has 1 atom stereocenters. The molecule has 0 bridgehead atoms. The van der Waals surface area contributed by atoms with Gasteiger partial charge in [-0.2, -0.15) is 5.10 Å². The van der Waals surface area contributed by atoms with Crippen LogP contribution in [0, 0.1) is 0 Å². The third-order valence-electron chi connectivity index (χ3n) is 3.45. The molecule has 0 radical (unpaired) electrons. The van der Waals surface area contributed by atoms with Crippen molar-refractivity contribution in [2.45, 2.75) is 33.2 Å². The van der Waals surface area contributed by atoms with Gasteiger partial charge < -0.3 is 5.32 Å². The number of hydrogen-bond donors (Lipinski definition) is 1. The van der Waals surface area contributed by atoms with Crippen LogP contribution in [0.3, 0.4) is 0 Å². The van der Waals surface area contributed by atoms with E-state index in [2.05, 4.69) is 61.6 Å². The minimum absolute atomic E-state index is 0.381. The average Bonchev–Trinajstić information content (AvgIpc) is 2.80. The topological polar surface area (TPSA) is 29.9 Å². The van der Waals surface area contributed by atoms with Gasteiger partial charge in [-0.05, 0) is 37.1 Å². The van der Waals surface area contributed by atoms with Gasteiger partial charge in [-0.25, -0.2) is 0 Å². The van der Waals surface area contributed by atoms with Gasteiger partial charge in [0.1, 0.15) is 0 Å². The van der Waals surface area contributed by atoms with Crippen LogP contribution in [0.2, 0.25) is 0 Å². The number of nitrogens with zero attached hydrogens (tertiary/aromatic N) is 2. The zero-order chi connectivity index (χ0) is 13.8. The molecule has 0 amide bonds. The Balaban J connectivity index is 2.37. The summed E-state index contributed by atoms with van der Waals surface area (Å²) >= 11 is 0. The van der Waals surface area contributed by atoms with E-state index in [1.54, 1.807) is 0 Å². The van der Waals surface area contributed by atoms with Gasteiger partial charge in [-0.1, -0.05) is 32.0 Å². The second-order valence-corrected chi connectivity index (χ2v) is 4.92. The minimum Gasteiger partial charge on any atom is -0.310 e. The van der Waals surface area contributed by atoms with E-state index in [0.717, 1.165) is 18.7 Å². The molecule has 2 rings (SSSR count). The molecule has 3 nitrogen and oxygen atoms in total. The van der Waals surface area contributed by atoms with Gasteiger partial charge in [0.25, 0.3) is 0 Å². The Morgan fingerprint density at radius 2 is 2.11 bits per heavy atom. The van der Waals surface area contributed by atoms with E-state index < -0.39 is 0 Å². The van der Waals surface area contributed by atoms with Crippen LogP contribution in [0.25, 0.3) is 11.1 Å². The van der Waals surface area contributed by atoms with Gasteiger partial charge in [0.05, 0.1) is 5.69 Å². The summed E-state index contributed by atoms with van der Waals surface area (Å²) in [7, 11) is 1.98. The number of aryl methyl sites for hydroxylation is 2. The Bertz CT molecular complexity index is 543. The summed E-state index contributed by atoms with van der Waals surface area (Å²) in [6, 6.07) is 9.12. The number of hydrogen-bond acceptors (Lipinski definition) is 2. The van der Waals surface area contributed by atoms with Crippen molar-refractivity contribution in [1.29, 1.82) is 0 Å². The third-order valence-corrected chi connectivity index (χ3v) is 3.45. The van der Waals surface area contributed by atoms with Crippen molar-refractivity contribution < 1.29 is 0 Å². The fraction of sp³-hybridized carbons (Fsp3) is 0.438. The Kier molecular flexibility index (Phi) is 4.38. The molecule has 1 unspecified atom stereocenters. The summed E-state index contributed by atoms with van der Waals surface area (Å²) in [4.78, 5) is 0. The zero-order valence-corrected chi connectivity index (χ0v) is 12.3. The molecule has 1 aromatic carbocycles. The van der Waals surface area contributed by atoms with Crippen molar-refractivity contribution in [3.8, 4) is 11.1 Å². The van der Waals surface area contributed by atoms with Crippen LogP contribution in [-0.4, -0.2) is 16.3 Å². The summed E-state index contributed by atoms with van der Waals surface area (Å²) in [6.07, 6.45) is 3.07. The Morgan fingerprint density at radius 1 is 1.32 bits per heavy atom. The largest absolute Gasteiger partial charge is 0.310 e. The average molecular weight is 257 g/mol. The zero-order valence-electron chi connectivity index (χ0n) is 12.3. The summed E-state index contributed by atoms with van der Waals surface area (Å²) in [6.45, 7) is 7.47. The Morgan fingerprint density at radius 3 is 2.79 bits per heavy atom. The molecule has 0 spiro atoms. The summed E-state index contributed by atoms with van der Waals surface area (Å²) < 4.78 is 1.90. The molecular formula is C16H23N3. The number of nitrogens with one attached hydrogen (secondary N) is 1.